The van der Waals surface area contributed by atoms with Crippen LogP contribution in [0.2, 0.25) is 0 Å². The lowest BCUT2D eigenvalue weighted by Crippen LogP contribution is -2.23. The van der Waals surface area contributed by atoms with Crippen LogP contribution < -0.4 is 15.4 Å². The third-order valence-corrected chi connectivity index (χ3v) is 4.77. The summed E-state index contributed by atoms with van der Waals surface area (Å²) in [6, 6.07) is 22.5. The Kier molecular flexibility index (Phi) is 7.22. The lowest BCUT2D eigenvalue weighted by molar-refractivity contribution is -0.118. The van der Waals surface area contributed by atoms with Crippen molar-refractivity contribution in [2.45, 2.75) is 26.8 Å². The minimum absolute atomic E-state index is 0.132. The molecule has 3 rings (SSSR count). The van der Waals surface area contributed by atoms with Gasteiger partial charge in [-0.3, -0.25) is 9.59 Å². The van der Waals surface area contributed by atoms with E-state index in [1.807, 2.05) is 55.5 Å². The van der Waals surface area contributed by atoms with Crippen molar-refractivity contribution in [1.82, 2.24) is 5.32 Å². The van der Waals surface area contributed by atoms with Crippen molar-refractivity contribution in [3.63, 3.8) is 0 Å². The van der Waals surface area contributed by atoms with Crippen LogP contribution in [0.4, 0.5) is 5.69 Å². The first-order valence-corrected chi connectivity index (χ1v) is 10.00. The number of hydrogen-bond donors (Lipinski definition) is 2. The van der Waals surface area contributed by atoms with Gasteiger partial charge in [-0.15, -0.1) is 0 Å². The maximum absolute atomic E-state index is 12.4. The van der Waals surface area contributed by atoms with E-state index >= 15 is 0 Å². The van der Waals surface area contributed by atoms with Crippen LogP contribution in [0.25, 0.3) is 0 Å². The van der Waals surface area contributed by atoms with Crippen LogP contribution in [0.3, 0.4) is 0 Å². The van der Waals surface area contributed by atoms with E-state index in [0.717, 1.165) is 28.8 Å². The minimum atomic E-state index is -0.238. The van der Waals surface area contributed by atoms with E-state index in [2.05, 4.69) is 17.6 Å². The number of anilines is 1. The van der Waals surface area contributed by atoms with Gasteiger partial charge in [0.1, 0.15) is 5.75 Å². The molecule has 0 aliphatic carbocycles. The van der Waals surface area contributed by atoms with Crippen molar-refractivity contribution < 1.29 is 14.3 Å². The molecule has 154 valence electrons. The van der Waals surface area contributed by atoms with Crippen LogP contribution in [0.15, 0.2) is 72.8 Å². The molecule has 5 heteroatoms. The molecule has 0 saturated carbocycles. The first-order chi connectivity index (χ1) is 14.6. The molecular formula is C25H26N2O3. The van der Waals surface area contributed by atoms with E-state index in [1.165, 1.54) is 0 Å². The second-order valence-corrected chi connectivity index (χ2v) is 7.00. The zero-order valence-electron chi connectivity index (χ0n) is 17.3. The molecule has 0 bridgehead atoms. The Bertz CT molecular complexity index is 1020. The minimum Gasteiger partial charge on any atom is -0.484 e. The fraction of sp³-hybridized carbons (Fsp3) is 0.200. The number of amides is 2. The lowest BCUT2D eigenvalue weighted by atomic mass is 10.1. The molecule has 0 atom stereocenters. The van der Waals surface area contributed by atoms with E-state index in [4.69, 9.17) is 4.74 Å². The molecule has 2 amide bonds. The molecule has 3 aromatic rings. The molecule has 2 N–H and O–H groups in total. The van der Waals surface area contributed by atoms with E-state index in [0.29, 0.717) is 17.9 Å². The third-order valence-electron chi connectivity index (χ3n) is 4.77. The standard InChI is InChI=1S/C25H26N2O3/c1-3-20-12-7-9-18(2)24(20)27-23(28)17-30-22-14-8-13-21(15-22)25(29)26-16-19-10-5-4-6-11-19/h4-15H,3,16-17H2,1-2H3,(H,26,29)(H,27,28). The van der Waals surface area contributed by atoms with Crippen molar-refractivity contribution in [2.75, 3.05) is 11.9 Å². The first-order valence-electron chi connectivity index (χ1n) is 10.00. The zero-order chi connectivity index (χ0) is 21.3. The number of para-hydroxylation sites is 1. The molecule has 0 radical (unpaired) electrons. The van der Waals surface area contributed by atoms with Gasteiger partial charge < -0.3 is 15.4 Å². The second-order valence-electron chi connectivity index (χ2n) is 7.00. The van der Waals surface area contributed by atoms with E-state index in [-0.39, 0.29) is 18.4 Å². The summed E-state index contributed by atoms with van der Waals surface area (Å²) in [5.41, 5.74) is 4.44. The highest BCUT2D eigenvalue weighted by molar-refractivity contribution is 5.95. The summed E-state index contributed by atoms with van der Waals surface area (Å²) in [6.45, 7) is 4.33. The molecule has 0 aromatic heterocycles. The molecule has 0 aliphatic heterocycles. The molecule has 0 unspecified atom stereocenters. The maximum atomic E-state index is 12.4. The van der Waals surface area contributed by atoms with Gasteiger partial charge in [0, 0.05) is 17.8 Å². The van der Waals surface area contributed by atoms with Crippen LogP contribution in [-0.4, -0.2) is 18.4 Å². The van der Waals surface area contributed by atoms with E-state index in [9.17, 15) is 9.59 Å². The maximum Gasteiger partial charge on any atom is 0.262 e. The smallest absolute Gasteiger partial charge is 0.262 e. The summed E-state index contributed by atoms with van der Waals surface area (Å²) in [5, 5.41) is 5.82. The van der Waals surface area contributed by atoms with Crippen molar-refractivity contribution in [3.05, 3.63) is 95.1 Å². The molecule has 5 nitrogen and oxygen atoms in total. The molecule has 0 heterocycles. The Labute approximate surface area is 177 Å². The fourth-order valence-corrected chi connectivity index (χ4v) is 3.13. The molecule has 3 aromatic carbocycles. The van der Waals surface area contributed by atoms with Crippen molar-refractivity contribution in [2.24, 2.45) is 0 Å². The highest BCUT2D eigenvalue weighted by Crippen LogP contribution is 2.21. The lowest BCUT2D eigenvalue weighted by Gasteiger charge is -2.13. The fourth-order valence-electron chi connectivity index (χ4n) is 3.13. The normalized spacial score (nSPS) is 10.3. The largest absolute Gasteiger partial charge is 0.484 e. The Hall–Kier alpha value is -3.60. The van der Waals surface area contributed by atoms with Gasteiger partial charge in [0.25, 0.3) is 11.8 Å². The van der Waals surface area contributed by atoms with E-state index in [1.54, 1.807) is 24.3 Å². The zero-order valence-corrected chi connectivity index (χ0v) is 17.3. The monoisotopic (exact) mass is 402 g/mol. The number of benzene rings is 3. The average Bonchev–Trinajstić information content (AvgIpc) is 2.78. The average molecular weight is 402 g/mol. The van der Waals surface area contributed by atoms with Crippen LogP contribution in [0.5, 0.6) is 5.75 Å². The number of aryl methyl sites for hydroxylation is 2. The Morgan fingerprint density at radius 3 is 2.47 bits per heavy atom. The number of hydrogen-bond acceptors (Lipinski definition) is 3. The predicted octanol–water partition coefficient (Wildman–Crippen LogP) is 4.50. The van der Waals surface area contributed by atoms with Gasteiger partial charge in [0.05, 0.1) is 0 Å². The van der Waals surface area contributed by atoms with Gasteiger partial charge >= 0.3 is 0 Å². The highest BCUT2D eigenvalue weighted by atomic mass is 16.5. The van der Waals surface area contributed by atoms with Crippen LogP contribution in [0, 0.1) is 6.92 Å². The quantitative estimate of drug-likeness (QED) is 0.583. The molecule has 0 spiro atoms. The summed E-state index contributed by atoms with van der Waals surface area (Å²) in [7, 11) is 0. The van der Waals surface area contributed by atoms with Crippen LogP contribution >= 0.6 is 0 Å². The Morgan fingerprint density at radius 1 is 0.933 bits per heavy atom. The van der Waals surface area contributed by atoms with Gasteiger partial charge in [-0.25, -0.2) is 0 Å². The number of rotatable bonds is 8. The summed E-state index contributed by atoms with van der Waals surface area (Å²) in [4.78, 5) is 24.8. The van der Waals surface area contributed by atoms with Crippen LogP contribution in [0.1, 0.15) is 34.0 Å². The van der Waals surface area contributed by atoms with Gasteiger partial charge in [0.15, 0.2) is 6.61 Å². The number of nitrogens with one attached hydrogen (secondary N) is 2. The molecule has 30 heavy (non-hydrogen) atoms. The topological polar surface area (TPSA) is 67.4 Å². The third kappa shape index (κ3) is 5.70. The highest BCUT2D eigenvalue weighted by Gasteiger charge is 2.11. The molecule has 0 saturated heterocycles. The summed E-state index contributed by atoms with van der Waals surface area (Å²) >= 11 is 0. The Morgan fingerprint density at radius 2 is 1.70 bits per heavy atom. The van der Waals surface area contributed by atoms with Crippen molar-refractivity contribution in [3.8, 4) is 5.75 Å². The predicted molar refractivity (Wildman–Crippen MR) is 119 cm³/mol. The Balaban J connectivity index is 1.56. The van der Waals surface area contributed by atoms with Gasteiger partial charge in [-0.2, -0.15) is 0 Å². The van der Waals surface area contributed by atoms with Gasteiger partial charge in [0.2, 0.25) is 0 Å². The van der Waals surface area contributed by atoms with E-state index < -0.39 is 0 Å². The van der Waals surface area contributed by atoms with Crippen LogP contribution in [-0.2, 0) is 17.8 Å². The number of carbonyl (C=O) groups is 2. The summed E-state index contributed by atoms with van der Waals surface area (Å²) in [5.74, 6) is 0.0391. The SMILES string of the molecule is CCc1cccc(C)c1NC(=O)COc1cccc(C(=O)NCc2ccccc2)c1. The molecule has 0 aliphatic rings. The summed E-state index contributed by atoms with van der Waals surface area (Å²) in [6.07, 6.45) is 0.832. The van der Waals surface area contributed by atoms with Crippen molar-refractivity contribution in [1.29, 1.82) is 0 Å². The number of carbonyl (C=O) groups excluding carboxylic acids is 2. The molecule has 0 fully saturated rings. The van der Waals surface area contributed by atoms with Gasteiger partial charge in [-0.05, 0) is 48.2 Å². The second kappa shape index (κ2) is 10.3. The van der Waals surface area contributed by atoms with Crippen molar-refractivity contribution >= 4 is 17.5 Å². The summed E-state index contributed by atoms with van der Waals surface area (Å²) < 4.78 is 5.61. The van der Waals surface area contributed by atoms with Gasteiger partial charge in [-0.1, -0.05) is 61.5 Å². The molecular weight excluding hydrogens is 376 g/mol. The number of ether oxygens (including phenoxy) is 1. The first kappa shape index (κ1) is 21.1.